The number of ether oxygens (including phenoxy) is 2. The van der Waals surface area contributed by atoms with Crippen LogP contribution in [-0.4, -0.2) is 67.6 Å². The van der Waals surface area contributed by atoms with Crippen molar-refractivity contribution in [1.82, 2.24) is 9.80 Å². The molecule has 36 heavy (non-hydrogen) atoms. The number of carbonyl (C=O) groups is 2. The second kappa shape index (κ2) is 11.4. The molecule has 1 saturated carbocycles. The number of hydrogen-bond donors (Lipinski definition) is 1. The van der Waals surface area contributed by atoms with E-state index in [1.54, 1.807) is 49.4 Å². The van der Waals surface area contributed by atoms with E-state index in [2.05, 4.69) is 24.1 Å². The maximum Gasteiger partial charge on any atom is 0.257 e. The third-order valence-electron chi connectivity index (χ3n) is 7.09. The number of nitrogens with zero attached hydrogens (tertiary/aromatic N) is 2. The number of fused-ring (bicyclic) bond motifs is 1. The lowest BCUT2D eigenvalue weighted by Gasteiger charge is -2.36. The second-order valence-electron chi connectivity index (χ2n) is 10.1. The van der Waals surface area contributed by atoms with E-state index in [1.165, 1.54) is 12.1 Å². The fourth-order valence-corrected chi connectivity index (χ4v) is 4.56. The summed E-state index contributed by atoms with van der Waals surface area (Å²) < 4.78 is 25.5. The van der Waals surface area contributed by atoms with Gasteiger partial charge in [-0.3, -0.25) is 14.5 Å². The number of halogens is 1. The zero-order chi connectivity index (χ0) is 25.8. The van der Waals surface area contributed by atoms with Crippen molar-refractivity contribution >= 4 is 17.5 Å². The molecular weight excluding hydrogens is 461 g/mol. The van der Waals surface area contributed by atoms with Crippen molar-refractivity contribution < 1.29 is 23.5 Å². The van der Waals surface area contributed by atoms with Crippen molar-refractivity contribution in [2.75, 3.05) is 39.2 Å². The summed E-state index contributed by atoms with van der Waals surface area (Å²) in [6.45, 7) is 6.34. The van der Waals surface area contributed by atoms with Crippen LogP contribution in [0.5, 0.6) is 5.75 Å². The van der Waals surface area contributed by atoms with Crippen LogP contribution >= 0.6 is 0 Å². The van der Waals surface area contributed by atoms with Gasteiger partial charge >= 0.3 is 0 Å². The number of benzene rings is 2. The average molecular weight is 498 g/mol. The quantitative estimate of drug-likeness (QED) is 0.671. The number of hydrogen-bond acceptors (Lipinski definition) is 5. The summed E-state index contributed by atoms with van der Waals surface area (Å²) in [6, 6.07) is 11.8. The molecule has 194 valence electrons. The summed E-state index contributed by atoms with van der Waals surface area (Å²) in [5, 5.41) is 2.92. The van der Waals surface area contributed by atoms with Gasteiger partial charge in [0.1, 0.15) is 18.2 Å². The highest BCUT2D eigenvalue weighted by atomic mass is 19.1. The first-order valence-corrected chi connectivity index (χ1v) is 12.6. The standard InChI is InChI=1S/C28H36FN3O4/c1-18-14-32(15-20-5-9-22(29)10-6-20)19(2)17-36-25-12-11-23(30-27(33)21-7-8-21)13-24(25)28(34)31(3)16-26(18)35-4/h5-6,9-13,18-19,21,26H,7-8,14-17H2,1-4H3,(H,30,33)/t18-,19-,26+/m0/s1. The molecule has 8 heteroatoms. The number of amides is 2. The Bertz CT molecular complexity index is 1070. The van der Waals surface area contributed by atoms with E-state index in [0.29, 0.717) is 36.7 Å². The van der Waals surface area contributed by atoms with E-state index in [9.17, 15) is 14.0 Å². The Balaban J connectivity index is 1.61. The monoisotopic (exact) mass is 497 g/mol. The van der Waals surface area contributed by atoms with E-state index in [1.807, 2.05) is 0 Å². The minimum atomic E-state index is -0.256. The highest BCUT2D eigenvalue weighted by Gasteiger charge is 2.31. The molecule has 0 unspecified atom stereocenters. The second-order valence-corrected chi connectivity index (χ2v) is 10.1. The molecule has 0 aromatic heterocycles. The lowest BCUT2D eigenvalue weighted by atomic mass is 10.0. The lowest BCUT2D eigenvalue weighted by Crippen LogP contribution is -2.46. The minimum Gasteiger partial charge on any atom is -0.491 e. The van der Waals surface area contributed by atoms with Gasteiger partial charge in [-0.05, 0) is 61.6 Å². The molecule has 0 radical (unpaired) electrons. The van der Waals surface area contributed by atoms with Gasteiger partial charge in [-0.1, -0.05) is 19.1 Å². The van der Waals surface area contributed by atoms with E-state index in [0.717, 1.165) is 24.9 Å². The van der Waals surface area contributed by atoms with Crippen LogP contribution in [0.3, 0.4) is 0 Å². The number of nitrogens with one attached hydrogen (secondary N) is 1. The molecule has 1 heterocycles. The van der Waals surface area contributed by atoms with Crippen LogP contribution in [0, 0.1) is 17.7 Å². The van der Waals surface area contributed by atoms with Crippen molar-refractivity contribution in [3.63, 3.8) is 0 Å². The van der Waals surface area contributed by atoms with Crippen molar-refractivity contribution in [2.45, 2.75) is 45.4 Å². The third-order valence-corrected chi connectivity index (χ3v) is 7.09. The lowest BCUT2D eigenvalue weighted by molar-refractivity contribution is -0.117. The van der Waals surface area contributed by atoms with Crippen molar-refractivity contribution in [3.05, 3.63) is 59.4 Å². The molecule has 3 atom stereocenters. The number of carbonyl (C=O) groups excluding carboxylic acids is 2. The molecule has 1 N–H and O–H groups in total. The van der Waals surface area contributed by atoms with Crippen LogP contribution in [0.4, 0.5) is 10.1 Å². The van der Waals surface area contributed by atoms with E-state index in [-0.39, 0.29) is 41.6 Å². The van der Waals surface area contributed by atoms with Crippen LogP contribution in [0.1, 0.15) is 42.6 Å². The van der Waals surface area contributed by atoms with E-state index < -0.39 is 0 Å². The van der Waals surface area contributed by atoms with Gasteiger partial charge in [0.25, 0.3) is 5.91 Å². The van der Waals surface area contributed by atoms with E-state index >= 15 is 0 Å². The maximum absolute atomic E-state index is 13.5. The highest BCUT2D eigenvalue weighted by molar-refractivity contribution is 6.00. The Labute approximate surface area is 212 Å². The number of anilines is 1. The van der Waals surface area contributed by atoms with Gasteiger partial charge in [0.05, 0.1) is 11.7 Å². The normalized spacial score (nSPS) is 23.8. The van der Waals surface area contributed by atoms with Gasteiger partial charge in [-0.2, -0.15) is 0 Å². The first kappa shape index (κ1) is 26.1. The largest absolute Gasteiger partial charge is 0.491 e. The summed E-state index contributed by atoms with van der Waals surface area (Å²) in [6.07, 6.45) is 1.64. The van der Waals surface area contributed by atoms with Gasteiger partial charge in [-0.15, -0.1) is 0 Å². The number of likely N-dealkylation sites (N-methyl/N-ethyl adjacent to an activating group) is 1. The van der Waals surface area contributed by atoms with Gasteiger partial charge < -0.3 is 19.7 Å². The van der Waals surface area contributed by atoms with Crippen LogP contribution in [-0.2, 0) is 16.1 Å². The first-order chi connectivity index (χ1) is 17.2. The van der Waals surface area contributed by atoms with Gasteiger partial charge in [0.15, 0.2) is 0 Å². The van der Waals surface area contributed by atoms with Crippen LogP contribution in [0.25, 0.3) is 0 Å². The topological polar surface area (TPSA) is 71.1 Å². The highest BCUT2D eigenvalue weighted by Crippen LogP contribution is 2.31. The van der Waals surface area contributed by atoms with Gasteiger partial charge in [0.2, 0.25) is 5.91 Å². The molecule has 2 aliphatic rings. The Hall–Kier alpha value is -2.97. The number of methoxy groups -OCH3 is 1. The van der Waals surface area contributed by atoms with Crippen LogP contribution < -0.4 is 10.1 Å². The van der Waals surface area contributed by atoms with Crippen molar-refractivity contribution in [1.29, 1.82) is 0 Å². The molecular formula is C28H36FN3O4. The number of rotatable bonds is 5. The SMILES string of the molecule is CO[C@@H]1CN(C)C(=O)c2cc(NC(=O)C3CC3)ccc2OC[C@H](C)N(Cc2ccc(F)cc2)C[C@@H]1C. The fourth-order valence-electron chi connectivity index (χ4n) is 4.56. The summed E-state index contributed by atoms with van der Waals surface area (Å²) in [5.74, 6) is 0.219. The Morgan fingerprint density at radius 3 is 2.53 bits per heavy atom. The van der Waals surface area contributed by atoms with Gasteiger partial charge in [0, 0.05) is 51.4 Å². The zero-order valence-electron chi connectivity index (χ0n) is 21.5. The molecule has 2 aromatic carbocycles. The first-order valence-electron chi connectivity index (χ1n) is 12.6. The fraction of sp³-hybridized carbons (Fsp3) is 0.500. The molecule has 1 fully saturated rings. The molecule has 0 spiro atoms. The molecule has 4 rings (SSSR count). The average Bonchev–Trinajstić information content (AvgIpc) is 3.71. The molecule has 0 saturated heterocycles. The van der Waals surface area contributed by atoms with Crippen molar-refractivity contribution in [3.8, 4) is 5.75 Å². The zero-order valence-corrected chi connectivity index (χ0v) is 21.5. The Kier molecular flexibility index (Phi) is 8.26. The van der Waals surface area contributed by atoms with Crippen LogP contribution in [0.2, 0.25) is 0 Å². The Morgan fingerprint density at radius 2 is 1.86 bits per heavy atom. The molecule has 1 aliphatic carbocycles. The summed E-state index contributed by atoms with van der Waals surface area (Å²) in [5.41, 5.74) is 2.01. The third kappa shape index (κ3) is 6.42. The van der Waals surface area contributed by atoms with E-state index in [4.69, 9.17) is 9.47 Å². The summed E-state index contributed by atoms with van der Waals surface area (Å²) >= 11 is 0. The smallest absolute Gasteiger partial charge is 0.257 e. The molecule has 0 bridgehead atoms. The molecule has 1 aliphatic heterocycles. The molecule has 7 nitrogen and oxygen atoms in total. The summed E-state index contributed by atoms with van der Waals surface area (Å²) in [7, 11) is 3.42. The maximum atomic E-state index is 13.5. The predicted octanol–water partition coefficient (Wildman–Crippen LogP) is 4.18. The summed E-state index contributed by atoms with van der Waals surface area (Å²) in [4.78, 5) is 29.7. The Morgan fingerprint density at radius 1 is 1.14 bits per heavy atom. The van der Waals surface area contributed by atoms with Gasteiger partial charge in [-0.25, -0.2) is 4.39 Å². The molecule has 2 amide bonds. The predicted molar refractivity (Wildman–Crippen MR) is 136 cm³/mol. The molecule has 2 aromatic rings. The minimum absolute atomic E-state index is 0.0110. The van der Waals surface area contributed by atoms with Crippen molar-refractivity contribution in [2.24, 2.45) is 11.8 Å². The van der Waals surface area contributed by atoms with Crippen LogP contribution in [0.15, 0.2) is 42.5 Å².